The molecule has 1 atom stereocenters. The summed E-state index contributed by atoms with van der Waals surface area (Å²) >= 11 is 0. The van der Waals surface area contributed by atoms with E-state index in [1.54, 1.807) is 0 Å². The predicted octanol–water partition coefficient (Wildman–Crippen LogP) is 6.30. The van der Waals surface area contributed by atoms with E-state index in [2.05, 4.69) is 9.71 Å². The van der Waals surface area contributed by atoms with Gasteiger partial charge in [0.25, 0.3) is 6.43 Å². The van der Waals surface area contributed by atoms with Crippen molar-refractivity contribution in [1.29, 1.82) is 0 Å². The molecule has 1 saturated carbocycles. The van der Waals surface area contributed by atoms with Crippen molar-refractivity contribution in [3.8, 4) is 11.1 Å². The van der Waals surface area contributed by atoms with Gasteiger partial charge in [0.1, 0.15) is 11.9 Å². The van der Waals surface area contributed by atoms with E-state index >= 15 is 4.39 Å². The summed E-state index contributed by atoms with van der Waals surface area (Å²) in [5.74, 6) is -1.08. The molecule has 5 nitrogen and oxygen atoms in total. The summed E-state index contributed by atoms with van der Waals surface area (Å²) in [6, 6.07) is 0.837. The Labute approximate surface area is 204 Å². The zero-order chi connectivity index (χ0) is 26.6. The number of rotatable bonds is 7. The highest BCUT2D eigenvalue weighted by molar-refractivity contribution is 7.90. The van der Waals surface area contributed by atoms with E-state index in [0.717, 1.165) is 24.5 Å². The van der Waals surface area contributed by atoms with Crippen molar-refractivity contribution in [2.45, 2.75) is 64.1 Å². The van der Waals surface area contributed by atoms with E-state index in [9.17, 15) is 30.4 Å². The van der Waals surface area contributed by atoms with Crippen LogP contribution in [0.25, 0.3) is 22.0 Å². The molecule has 0 amide bonds. The Bertz CT molecular complexity index is 1390. The van der Waals surface area contributed by atoms with Gasteiger partial charge >= 0.3 is 6.18 Å². The van der Waals surface area contributed by atoms with Gasteiger partial charge in [-0.2, -0.15) is 13.2 Å². The number of hydrogen-bond acceptors (Lipinski definition) is 3. The van der Waals surface area contributed by atoms with E-state index in [4.69, 9.17) is 0 Å². The second-order valence-electron chi connectivity index (χ2n) is 10.2. The second-order valence-corrected chi connectivity index (χ2v) is 12.2. The van der Waals surface area contributed by atoms with Crippen LogP contribution in [0.2, 0.25) is 0 Å². The zero-order valence-corrected chi connectivity index (χ0v) is 20.5. The molecule has 1 aromatic carbocycles. The number of halogens is 6. The molecule has 1 N–H and O–H groups in total. The first-order chi connectivity index (χ1) is 16.6. The lowest BCUT2D eigenvalue weighted by Gasteiger charge is -2.20. The molecule has 0 spiro atoms. The number of alkyl halides is 5. The minimum atomic E-state index is -4.78. The molecule has 0 radical (unpaired) electrons. The maximum atomic E-state index is 15.3. The summed E-state index contributed by atoms with van der Waals surface area (Å²) in [4.78, 5) is 3.71. The highest BCUT2D eigenvalue weighted by Gasteiger charge is 2.40. The van der Waals surface area contributed by atoms with Crippen molar-refractivity contribution in [3.63, 3.8) is 0 Å². The lowest BCUT2D eigenvalue weighted by atomic mass is 9.96. The molecule has 196 valence electrons. The first-order valence-electron chi connectivity index (χ1n) is 11.2. The van der Waals surface area contributed by atoms with E-state index in [1.807, 2.05) is 20.8 Å². The molecular weight excluding hydrogens is 508 g/mol. The molecule has 3 aromatic rings. The number of benzene rings is 1. The molecule has 1 aliphatic rings. The van der Waals surface area contributed by atoms with Crippen molar-refractivity contribution in [2.75, 3.05) is 0 Å². The van der Waals surface area contributed by atoms with Crippen LogP contribution in [0.3, 0.4) is 0 Å². The second kappa shape index (κ2) is 9.05. The fourth-order valence-corrected chi connectivity index (χ4v) is 5.73. The maximum absolute atomic E-state index is 15.3. The van der Waals surface area contributed by atoms with Gasteiger partial charge in [0.2, 0.25) is 10.0 Å². The molecule has 1 aliphatic carbocycles. The third kappa shape index (κ3) is 5.39. The number of aromatic nitrogens is 2. The number of hydrogen-bond donors (Lipinski definition) is 1. The van der Waals surface area contributed by atoms with Gasteiger partial charge in [-0.15, -0.1) is 0 Å². The number of sulfonamides is 1. The minimum Gasteiger partial charge on any atom is -0.347 e. The Hall–Kier alpha value is -2.60. The SMILES string of the molecule is CC(C)(C)Cn1cc(C(NS(=O)(=O)C2CC2)C(F)F)c2cc(F)c(-c3cnccc3C(F)(F)F)cc21. The molecule has 0 aliphatic heterocycles. The zero-order valence-electron chi connectivity index (χ0n) is 19.7. The van der Waals surface area contributed by atoms with Crippen molar-refractivity contribution in [3.05, 3.63) is 53.7 Å². The molecule has 1 unspecified atom stereocenters. The monoisotopic (exact) mass is 533 g/mol. The van der Waals surface area contributed by atoms with Gasteiger partial charge in [-0.05, 0) is 36.5 Å². The Morgan fingerprint density at radius 3 is 2.36 bits per heavy atom. The summed E-state index contributed by atoms with van der Waals surface area (Å²) in [7, 11) is -4.02. The van der Waals surface area contributed by atoms with E-state index < -0.39 is 61.8 Å². The van der Waals surface area contributed by atoms with Crippen molar-refractivity contribution in [1.82, 2.24) is 14.3 Å². The Morgan fingerprint density at radius 1 is 1.14 bits per heavy atom. The van der Waals surface area contributed by atoms with Crippen LogP contribution in [0.5, 0.6) is 0 Å². The highest BCUT2D eigenvalue weighted by Crippen LogP contribution is 2.41. The quantitative estimate of drug-likeness (QED) is 0.363. The lowest BCUT2D eigenvalue weighted by molar-refractivity contribution is -0.137. The van der Waals surface area contributed by atoms with Crippen LogP contribution in [-0.2, 0) is 22.7 Å². The number of nitrogens with zero attached hydrogens (tertiary/aromatic N) is 2. The Morgan fingerprint density at radius 2 is 1.81 bits per heavy atom. The van der Waals surface area contributed by atoms with Crippen molar-refractivity contribution in [2.24, 2.45) is 5.41 Å². The molecule has 4 rings (SSSR count). The minimum absolute atomic E-state index is 0.0123. The van der Waals surface area contributed by atoms with Gasteiger partial charge in [-0.3, -0.25) is 4.98 Å². The van der Waals surface area contributed by atoms with Gasteiger partial charge in [-0.25, -0.2) is 26.3 Å². The Balaban J connectivity index is 1.94. The van der Waals surface area contributed by atoms with Gasteiger partial charge in [0.05, 0.1) is 10.8 Å². The Kier molecular flexibility index (Phi) is 6.66. The fraction of sp³-hybridized carbons (Fsp3) is 0.458. The van der Waals surface area contributed by atoms with Crippen LogP contribution < -0.4 is 4.72 Å². The summed E-state index contributed by atoms with van der Waals surface area (Å²) in [6.07, 6.45) is -4.04. The first kappa shape index (κ1) is 26.5. The predicted molar refractivity (Wildman–Crippen MR) is 123 cm³/mol. The molecule has 12 heteroatoms. The van der Waals surface area contributed by atoms with Crippen molar-refractivity contribution < 1.29 is 34.8 Å². The maximum Gasteiger partial charge on any atom is 0.417 e. The molecule has 1 fully saturated rings. The van der Waals surface area contributed by atoms with Crippen LogP contribution in [0.15, 0.2) is 36.8 Å². The molecule has 2 aromatic heterocycles. The fourth-order valence-electron chi connectivity index (χ4n) is 4.19. The standard InChI is InChI=1S/C24H25F6N3O2S/c1-23(2,3)12-33-11-17(21(22(26)27)32-36(34,35)13-4-5-13)15-8-19(25)14(9-20(15)33)16-10-31-7-6-18(16)24(28,29)30/h6-11,13,21-22,32H,4-5,12H2,1-3H3. The average molecular weight is 534 g/mol. The topological polar surface area (TPSA) is 64.0 Å². The normalized spacial score (nSPS) is 16.2. The van der Waals surface area contributed by atoms with Crippen LogP contribution in [-0.4, -0.2) is 29.6 Å². The van der Waals surface area contributed by atoms with Crippen LogP contribution >= 0.6 is 0 Å². The van der Waals surface area contributed by atoms with E-state index in [-0.39, 0.29) is 23.0 Å². The molecular formula is C24H25F6N3O2S. The average Bonchev–Trinajstić information content (AvgIpc) is 3.55. The van der Waals surface area contributed by atoms with Gasteiger partial charge in [0.15, 0.2) is 0 Å². The van der Waals surface area contributed by atoms with Crippen LogP contribution in [0.4, 0.5) is 26.3 Å². The van der Waals surface area contributed by atoms with E-state index in [1.165, 1.54) is 16.8 Å². The molecule has 0 bridgehead atoms. The molecule has 0 saturated heterocycles. The summed E-state index contributed by atoms with van der Waals surface area (Å²) in [6.45, 7) is 5.85. The van der Waals surface area contributed by atoms with Crippen LogP contribution in [0.1, 0.15) is 50.8 Å². The number of nitrogens with one attached hydrogen (secondary N) is 1. The molecule has 2 heterocycles. The summed E-state index contributed by atoms with van der Waals surface area (Å²) in [5.41, 5.74) is -2.32. The first-order valence-corrected chi connectivity index (χ1v) is 12.8. The van der Waals surface area contributed by atoms with Gasteiger partial charge < -0.3 is 4.57 Å². The molecule has 36 heavy (non-hydrogen) atoms. The largest absolute Gasteiger partial charge is 0.417 e. The summed E-state index contributed by atoms with van der Waals surface area (Å²) < 4.78 is 113. The summed E-state index contributed by atoms with van der Waals surface area (Å²) in [5, 5.41) is -0.766. The third-order valence-corrected chi connectivity index (χ3v) is 7.84. The smallest absolute Gasteiger partial charge is 0.347 e. The lowest BCUT2D eigenvalue weighted by Crippen LogP contribution is -2.35. The number of fused-ring (bicyclic) bond motifs is 1. The van der Waals surface area contributed by atoms with Crippen LogP contribution in [0, 0.1) is 11.2 Å². The van der Waals surface area contributed by atoms with Gasteiger partial charge in [0, 0.05) is 52.7 Å². The van der Waals surface area contributed by atoms with Crippen molar-refractivity contribution >= 4 is 20.9 Å². The van der Waals surface area contributed by atoms with E-state index in [0.29, 0.717) is 12.8 Å². The highest BCUT2D eigenvalue weighted by atomic mass is 32.2. The number of pyridine rings is 1. The third-order valence-electron chi connectivity index (χ3n) is 5.90. The van der Waals surface area contributed by atoms with Gasteiger partial charge in [-0.1, -0.05) is 20.8 Å².